The van der Waals surface area contributed by atoms with Gasteiger partial charge in [-0.05, 0) is 31.2 Å². The Morgan fingerprint density at radius 3 is 2.40 bits per heavy atom. The van der Waals surface area contributed by atoms with Crippen molar-refractivity contribution in [2.45, 2.75) is 20.0 Å². The second-order valence-electron chi connectivity index (χ2n) is 5.06. The molecule has 0 fully saturated rings. The average Bonchev–Trinajstić information content (AvgIpc) is 2.59. The zero-order valence-corrected chi connectivity index (χ0v) is 16.5. The van der Waals surface area contributed by atoms with Crippen molar-refractivity contribution in [1.29, 1.82) is 0 Å². The van der Waals surface area contributed by atoms with Crippen molar-refractivity contribution in [3.8, 4) is 5.75 Å². The molecule has 25 heavy (non-hydrogen) atoms. The topological polar surface area (TPSA) is 45.6 Å². The van der Waals surface area contributed by atoms with E-state index >= 15 is 0 Å². The van der Waals surface area contributed by atoms with Crippen LogP contribution in [0.3, 0.4) is 0 Å². The van der Waals surface area contributed by atoms with Crippen molar-refractivity contribution in [3.63, 3.8) is 0 Å². The van der Waals surface area contributed by atoms with E-state index in [4.69, 9.17) is 4.74 Å². The van der Waals surface area contributed by atoms with Crippen LogP contribution in [0.4, 0.5) is 8.78 Å². The molecule has 0 atom stereocenters. The van der Waals surface area contributed by atoms with Crippen LogP contribution in [0.25, 0.3) is 0 Å². The molecule has 0 aliphatic carbocycles. The minimum atomic E-state index is -0.471. The van der Waals surface area contributed by atoms with Crippen LogP contribution in [0, 0.1) is 11.6 Å². The first-order valence-electron chi connectivity index (χ1n) is 7.73. The monoisotopic (exact) mass is 461 g/mol. The van der Waals surface area contributed by atoms with E-state index < -0.39 is 11.6 Å². The van der Waals surface area contributed by atoms with Gasteiger partial charge < -0.3 is 15.4 Å². The third kappa shape index (κ3) is 6.49. The highest BCUT2D eigenvalue weighted by molar-refractivity contribution is 14.0. The van der Waals surface area contributed by atoms with Crippen molar-refractivity contribution in [1.82, 2.24) is 10.6 Å². The molecule has 0 aliphatic heterocycles. The van der Waals surface area contributed by atoms with Crippen molar-refractivity contribution in [3.05, 3.63) is 65.2 Å². The number of para-hydroxylation sites is 1. The van der Waals surface area contributed by atoms with Crippen LogP contribution in [-0.2, 0) is 13.1 Å². The number of nitrogens with one attached hydrogen (secondary N) is 2. The van der Waals surface area contributed by atoms with Gasteiger partial charge in [0.25, 0.3) is 0 Å². The van der Waals surface area contributed by atoms with Crippen molar-refractivity contribution < 1.29 is 13.5 Å². The van der Waals surface area contributed by atoms with Crippen molar-refractivity contribution >= 4 is 29.9 Å². The molecule has 0 heterocycles. The lowest BCUT2D eigenvalue weighted by Gasteiger charge is -2.14. The number of aliphatic imine (C=N–C) groups is 1. The Balaban J connectivity index is 0.00000312. The number of halogens is 3. The number of nitrogens with zero attached hydrogens (tertiary/aromatic N) is 1. The molecule has 0 aliphatic rings. The quantitative estimate of drug-likeness (QED) is 0.391. The number of hydrogen-bond acceptors (Lipinski definition) is 2. The number of ether oxygens (including phenoxy) is 1. The van der Waals surface area contributed by atoms with Crippen molar-refractivity contribution in [2.75, 3.05) is 13.7 Å². The summed E-state index contributed by atoms with van der Waals surface area (Å²) in [5.74, 6) is 0.368. The summed E-state index contributed by atoms with van der Waals surface area (Å²) in [4.78, 5) is 4.08. The highest BCUT2D eigenvalue weighted by atomic mass is 127. The van der Waals surface area contributed by atoms with E-state index in [1.54, 1.807) is 7.05 Å². The van der Waals surface area contributed by atoms with Crippen LogP contribution >= 0.6 is 24.0 Å². The van der Waals surface area contributed by atoms with Crippen LogP contribution in [0.5, 0.6) is 5.75 Å². The molecule has 0 saturated heterocycles. The molecule has 136 valence electrons. The maximum atomic E-state index is 13.6. The maximum absolute atomic E-state index is 13.6. The van der Waals surface area contributed by atoms with Gasteiger partial charge in [0.1, 0.15) is 17.4 Å². The van der Waals surface area contributed by atoms with E-state index in [0.717, 1.165) is 23.4 Å². The first-order valence-corrected chi connectivity index (χ1v) is 7.73. The summed E-state index contributed by atoms with van der Waals surface area (Å²) in [6.07, 6.45) is 0. The molecule has 2 aromatic rings. The lowest BCUT2D eigenvalue weighted by Crippen LogP contribution is -2.36. The molecule has 0 aromatic heterocycles. The van der Waals surface area contributed by atoms with Crippen molar-refractivity contribution in [2.24, 2.45) is 4.99 Å². The van der Waals surface area contributed by atoms with E-state index in [9.17, 15) is 8.78 Å². The molecule has 2 N–H and O–H groups in total. The fourth-order valence-corrected chi connectivity index (χ4v) is 2.20. The molecule has 4 nitrogen and oxygen atoms in total. The standard InChI is InChI=1S/C18H21F2N3O.HI/c1-3-24-17-7-5-4-6-13(17)11-22-18(21-2)23-12-14-10-15(19)8-9-16(14)20;/h4-10H,3,11-12H2,1-2H3,(H2,21,22,23);1H. The van der Waals surface area contributed by atoms with Crippen LogP contribution in [0.1, 0.15) is 18.1 Å². The summed E-state index contributed by atoms with van der Waals surface area (Å²) >= 11 is 0. The molecule has 2 rings (SSSR count). The third-order valence-electron chi connectivity index (χ3n) is 3.40. The first-order chi connectivity index (χ1) is 11.6. The SMILES string of the molecule is CCOc1ccccc1CNC(=NC)NCc1cc(F)ccc1F.I. The Labute approximate surface area is 163 Å². The van der Waals surface area contributed by atoms with Gasteiger partial charge in [0.05, 0.1) is 6.61 Å². The summed E-state index contributed by atoms with van der Waals surface area (Å²) in [7, 11) is 1.62. The van der Waals surface area contributed by atoms with Crippen LogP contribution in [-0.4, -0.2) is 19.6 Å². The Morgan fingerprint density at radius 1 is 1.04 bits per heavy atom. The Bertz CT molecular complexity index is 710. The highest BCUT2D eigenvalue weighted by Gasteiger charge is 2.07. The molecule has 0 radical (unpaired) electrons. The molecular formula is C18H22F2IN3O. The molecule has 0 saturated carbocycles. The van der Waals surface area contributed by atoms with Crippen LogP contribution in [0.15, 0.2) is 47.5 Å². The smallest absolute Gasteiger partial charge is 0.191 e. The van der Waals surface area contributed by atoms with E-state index in [2.05, 4.69) is 15.6 Å². The highest BCUT2D eigenvalue weighted by Crippen LogP contribution is 2.17. The molecule has 0 amide bonds. The van der Waals surface area contributed by atoms with E-state index in [1.165, 1.54) is 6.07 Å². The summed E-state index contributed by atoms with van der Waals surface area (Å²) in [6, 6.07) is 11.1. The van der Waals surface area contributed by atoms with Gasteiger partial charge in [-0.2, -0.15) is 0 Å². The van der Waals surface area contributed by atoms with Crippen LogP contribution in [0.2, 0.25) is 0 Å². The van der Waals surface area contributed by atoms with E-state index in [-0.39, 0.29) is 36.1 Å². The first kappa shape index (κ1) is 21.1. The van der Waals surface area contributed by atoms with Gasteiger partial charge in [0.15, 0.2) is 5.96 Å². The van der Waals surface area contributed by atoms with Crippen LogP contribution < -0.4 is 15.4 Å². The van der Waals surface area contributed by atoms with E-state index in [1.807, 2.05) is 31.2 Å². The molecule has 0 bridgehead atoms. The zero-order valence-electron chi connectivity index (χ0n) is 14.2. The Kier molecular flexibility index (Phi) is 9.18. The Morgan fingerprint density at radius 2 is 1.72 bits per heavy atom. The van der Waals surface area contributed by atoms with Gasteiger partial charge in [0.2, 0.25) is 0 Å². The minimum absolute atomic E-state index is 0. The summed E-state index contributed by atoms with van der Waals surface area (Å²) in [5.41, 5.74) is 1.23. The molecule has 0 spiro atoms. The summed E-state index contributed by atoms with van der Waals surface area (Å²) in [5, 5.41) is 6.10. The van der Waals surface area contributed by atoms with Gasteiger partial charge in [-0.25, -0.2) is 8.78 Å². The summed E-state index contributed by atoms with van der Waals surface area (Å²) in [6.45, 7) is 3.15. The van der Waals surface area contributed by atoms with Gasteiger partial charge in [0, 0.05) is 31.3 Å². The average molecular weight is 461 g/mol. The minimum Gasteiger partial charge on any atom is -0.494 e. The fourth-order valence-electron chi connectivity index (χ4n) is 2.20. The number of hydrogen-bond donors (Lipinski definition) is 2. The van der Waals surface area contributed by atoms with Gasteiger partial charge in [-0.3, -0.25) is 4.99 Å². The van der Waals surface area contributed by atoms with Gasteiger partial charge in [-0.1, -0.05) is 18.2 Å². The third-order valence-corrected chi connectivity index (χ3v) is 3.40. The fraction of sp³-hybridized carbons (Fsp3) is 0.278. The second-order valence-corrected chi connectivity index (χ2v) is 5.06. The maximum Gasteiger partial charge on any atom is 0.191 e. The molecule has 7 heteroatoms. The van der Waals surface area contributed by atoms with Gasteiger partial charge in [-0.15, -0.1) is 24.0 Å². The number of benzene rings is 2. The van der Waals surface area contributed by atoms with E-state index in [0.29, 0.717) is 19.1 Å². The van der Waals surface area contributed by atoms with Gasteiger partial charge >= 0.3 is 0 Å². The second kappa shape index (κ2) is 10.9. The predicted molar refractivity (Wildman–Crippen MR) is 106 cm³/mol. The largest absolute Gasteiger partial charge is 0.494 e. The summed E-state index contributed by atoms with van der Waals surface area (Å²) < 4.78 is 32.4. The normalized spacial score (nSPS) is 10.8. The predicted octanol–water partition coefficient (Wildman–Crippen LogP) is 3.85. The molecule has 0 unspecified atom stereocenters. The Hall–Kier alpha value is -1.90. The lowest BCUT2D eigenvalue weighted by molar-refractivity contribution is 0.336. The zero-order chi connectivity index (χ0) is 17.4. The molecular weight excluding hydrogens is 439 g/mol. The molecule has 2 aromatic carbocycles. The number of rotatable bonds is 6. The number of guanidine groups is 1. The lowest BCUT2D eigenvalue weighted by atomic mass is 10.2.